The maximum atomic E-state index is 11.0. The number of hydrogen-bond acceptors (Lipinski definition) is 6. The van der Waals surface area contributed by atoms with Crippen molar-refractivity contribution < 1.29 is 24.5 Å². The predicted molar refractivity (Wildman–Crippen MR) is 101 cm³/mol. The second-order valence-electron chi connectivity index (χ2n) is 4.89. The Hall–Kier alpha value is -0.720. The van der Waals surface area contributed by atoms with Crippen LogP contribution in [0, 0.1) is 0 Å². The van der Waals surface area contributed by atoms with Crippen LogP contribution in [0.25, 0.3) is 10.9 Å². The molecule has 0 saturated heterocycles. The lowest BCUT2D eigenvalue weighted by Gasteiger charge is -2.20. The van der Waals surface area contributed by atoms with E-state index >= 15 is 0 Å². The first-order valence-corrected chi connectivity index (χ1v) is 10.7. The minimum Gasteiger partial charge on any atom is -0.466 e. The van der Waals surface area contributed by atoms with Gasteiger partial charge in [-0.2, -0.15) is 0 Å². The van der Waals surface area contributed by atoms with Crippen LogP contribution in [-0.4, -0.2) is 40.3 Å². The number of aromatic amines is 1. The third-order valence-electron chi connectivity index (χ3n) is 3.00. The number of aliphatic hydroxyl groups is 2. The fourth-order valence-electron chi connectivity index (χ4n) is 2.00. The van der Waals surface area contributed by atoms with E-state index in [9.17, 15) is 15.0 Å². The van der Waals surface area contributed by atoms with Crippen LogP contribution in [0.3, 0.4) is 0 Å². The van der Waals surface area contributed by atoms with Crippen LogP contribution in [0.1, 0.15) is 12.6 Å². The Morgan fingerprint density at radius 2 is 2.21 bits per heavy atom. The summed E-state index contributed by atoms with van der Waals surface area (Å²) in [6, 6.07) is 4.73. The largest absolute Gasteiger partial charge is 0.466 e. The summed E-state index contributed by atoms with van der Waals surface area (Å²) in [6.45, 7) is 1.81. The molecule has 4 N–H and O–H groups in total. The molecule has 132 valence electrons. The fourth-order valence-corrected chi connectivity index (χ4v) is 2.95. The number of benzene rings is 1. The highest BCUT2D eigenvalue weighted by Gasteiger charge is 2.29. The summed E-state index contributed by atoms with van der Waals surface area (Å²) in [5.74, 6) is -1.82. The fraction of sp³-hybridized carbons (Fsp3) is 0.357. The Morgan fingerprint density at radius 3 is 2.88 bits per heavy atom. The molecule has 0 aliphatic heterocycles. The van der Waals surface area contributed by atoms with Crippen molar-refractivity contribution in [2.45, 2.75) is 12.8 Å². The average molecular weight is 487 g/mol. The molecule has 0 radical (unpaired) electrons. The highest BCUT2D eigenvalue weighted by molar-refractivity contribution is 14.2. The molecule has 10 heteroatoms. The van der Waals surface area contributed by atoms with E-state index in [1.165, 1.54) is 13.0 Å². The van der Waals surface area contributed by atoms with E-state index in [0.29, 0.717) is 28.3 Å². The summed E-state index contributed by atoms with van der Waals surface area (Å²) in [6.07, 6.45) is 0. The standard InChI is InChI=1S/C14H16ClIN2O5S/c1-8(19)18-14(20,21)13-5-9-4-10(15)12(6-11(9)17-13)23-7-22-2-3-24-16/h4-6,17,20-21H,2-3,7H2,1H3,(H,18,19). The molecule has 0 aliphatic carbocycles. The topological polar surface area (TPSA) is 104 Å². The van der Waals surface area contributed by atoms with Gasteiger partial charge in [0.1, 0.15) is 5.75 Å². The van der Waals surface area contributed by atoms with Crippen molar-refractivity contribution in [3.8, 4) is 5.75 Å². The Labute approximate surface area is 159 Å². The first kappa shape index (κ1) is 19.6. The number of fused-ring (bicyclic) bond motifs is 1. The van der Waals surface area contributed by atoms with E-state index in [1.807, 2.05) is 5.32 Å². The summed E-state index contributed by atoms with van der Waals surface area (Å²) in [5, 5.41) is 22.9. The number of carbonyl (C=O) groups is 1. The molecule has 1 heterocycles. The molecular weight excluding hydrogens is 471 g/mol. The molecule has 1 aromatic heterocycles. The Kier molecular flexibility index (Phi) is 7.01. The summed E-state index contributed by atoms with van der Waals surface area (Å²) in [4.78, 5) is 13.9. The second-order valence-corrected chi connectivity index (χ2v) is 7.79. The minimum absolute atomic E-state index is 0.0104. The molecule has 1 amide bonds. The van der Waals surface area contributed by atoms with Gasteiger partial charge in [-0.15, -0.1) is 0 Å². The van der Waals surface area contributed by atoms with Gasteiger partial charge in [0.2, 0.25) is 5.91 Å². The first-order valence-electron chi connectivity index (χ1n) is 6.84. The number of carbonyl (C=O) groups excluding carboxylic acids is 1. The van der Waals surface area contributed by atoms with Crippen molar-refractivity contribution in [2.75, 3.05) is 19.2 Å². The maximum absolute atomic E-state index is 11.0. The number of H-pyrrole nitrogens is 1. The van der Waals surface area contributed by atoms with Crippen LogP contribution < -0.4 is 10.1 Å². The van der Waals surface area contributed by atoms with Gasteiger partial charge in [-0.05, 0) is 33.3 Å². The molecule has 7 nitrogen and oxygen atoms in total. The number of amides is 1. The number of halogens is 2. The molecule has 24 heavy (non-hydrogen) atoms. The van der Waals surface area contributed by atoms with Crippen LogP contribution in [-0.2, 0) is 15.4 Å². The number of nitrogens with one attached hydrogen (secondary N) is 2. The summed E-state index contributed by atoms with van der Waals surface area (Å²) < 4.78 is 10.8. The Morgan fingerprint density at radius 1 is 1.46 bits per heavy atom. The van der Waals surface area contributed by atoms with Gasteiger partial charge < -0.3 is 30.0 Å². The Balaban J connectivity index is 2.16. The monoisotopic (exact) mass is 486 g/mol. The molecule has 0 atom stereocenters. The summed E-state index contributed by atoms with van der Waals surface area (Å²) in [5.41, 5.74) is 0.585. The molecular formula is C14H16ClIN2O5S. The van der Waals surface area contributed by atoms with Crippen molar-refractivity contribution in [1.29, 1.82) is 0 Å². The quantitative estimate of drug-likeness (QED) is 0.260. The van der Waals surface area contributed by atoms with Crippen molar-refractivity contribution in [3.05, 3.63) is 28.9 Å². The zero-order valence-corrected chi connectivity index (χ0v) is 16.4. The van der Waals surface area contributed by atoms with Gasteiger partial charge in [0.25, 0.3) is 5.91 Å². The average Bonchev–Trinajstić information content (AvgIpc) is 2.89. The van der Waals surface area contributed by atoms with Crippen molar-refractivity contribution in [1.82, 2.24) is 10.3 Å². The second kappa shape index (κ2) is 8.59. The highest BCUT2D eigenvalue weighted by Crippen LogP contribution is 2.31. The third kappa shape index (κ3) is 5.14. The molecule has 1 aromatic carbocycles. The lowest BCUT2D eigenvalue weighted by atomic mass is 10.2. The maximum Gasteiger partial charge on any atom is 0.290 e. The Bertz CT molecular complexity index is 724. The van der Waals surface area contributed by atoms with E-state index in [-0.39, 0.29) is 12.5 Å². The SMILES string of the molecule is CC(=O)NC(O)(O)c1cc2cc(Cl)c(OCOCCSI)cc2[nH]1. The molecule has 0 fully saturated rings. The third-order valence-corrected chi connectivity index (χ3v) is 4.94. The van der Waals surface area contributed by atoms with Gasteiger partial charge in [-0.1, -0.05) is 20.5 Å². The van der Waals surface area contributed by atoms with E-state index in [0.717, 1.165) is 5.75 Å². The van der Waals surface area contributed by atoms with Crippen molar-refractivity contribution >= 4 is 58.5 Å². The van der Waals surface area contributed by atoms with Gasteiger partial charge in [0, 0.05) is 29.6 Å². The van der Waals surface area contributed by atoms with E-state index in [2.05, 4.69) is 26.2 Å². The zero-order chi connectivity index (χ0) is 17.7. The number of ether oxygens (including phenoxy) is 2. The van der Waals surface area contributed by atoms with Gasteiger partial charge in [-0.3, -0.25) is 4.79 Å². The summed E-state index contributed by atoms with van der Waals surface area (Å²) in [7, 11) is 1.64. The number of aromatic nitrogens is 1. The van der Waals surface area contributed by atoms with Crippen LogP contribution in [0.15, 0.2) is 18.2 Å². The molecule has 2 rings (SSSR count). The number of hydrogen-bond donors (Lipinski definition) is 4. The molecule has 0 saturated carbocycles. The minimum atomic E-state index is -2.50. The van der Waals surface area contributed by atoms with Crippen LogP contribution in [0.5, 0.6) is 5.75 Å². The molecule has 0 unspecified atom stereocenters. The van der Waals surface area contributed by atoms with Crippen LogP contribution in [0.2, 0.25) is 5.02 Å². The lowest BCUT2D eigenvalue weighted by Crippen LogP contribution is -2.44. The molecule has 0 bridgehead atoms. The van der Waals surface area contributed by atoms with Crippen LogP contribution in [0.4, 0.5) is 0 Å². The predicted octanol–water partition coefficient (Wildman–Crippen LogP) is 2.49. The highest BCUT2D eigenvalue weighted by atomic mass is 127. The smallest absolute Gasteiger partial charge is 0.290 e. The van der Waals surface area contributed by atoms with E-state index < -0.39 is 11.8 Å². The molecule has 0 aliphatic rings. The van der Waals surface area contributed by atoms with Crippen molar-refractivity contribution in [3.63, 3.8) is 0 Å². The van der Waals surface area contributed by atoms with Gasteiger partial charge >= 0.3 is 0 Å². The number of rotatable bonds is 8. The normalized spacial score (nSPS) is 11.7. The zero-order valence-electron chi connectivity index (χ0n) is 12.6. The first-order chi connectivity index (χ1) is 11.3. The van der Waals surface area contributed by atoms with Gasteiger partial charge in [0.15, 0.2) is 6.79 Å². The van der Waals surface area contributed by atoms with E-state index in [4.69, 9.17) is 21.1 Å². The van der Waals surface area contributed by atoms with Crippen LogP contribution >= 0.6 is 41.7 Å². The molecule has 2 aromatic rings. The van der Waals surface area contributed by atoms with Gasteiger partial charge in [-0.25, -0.2) is 0 Å². The summed E-state index contributed by atoms with van der Waals surface area (Å²) >= 11 is 8.34. The molecule has 0 spiro atoms. The van der Waals surface area contributed by atoms with Gasteiger partial charge in [0.05, 0.1) is 17.3 Å². The van der Waals surface area contributed by atoms with Crippen molar-refractivity contribution in [2.24, 2.45) is 0 Å². The lowest BCUT2D eigenvalue weighted by molar-refractivity contribution is -0.199. The van der Waals surface area contributed by atoms with E-state index in [1.54, 1.807) is 21.1 Å².